The van der Waals surface area contributed by atoms with Gasteiger partial charge in [0.05, 0.1) is 31.5 Å². The number of fused-ring (bicyclic) bond motifs is 1. The molecule has 2 aliphatic rings. The Hall–Kier alpha value is -4.04. The van der Waals surface area contributed by atoms with E-state index in [1.807, 2.05) is 50.2 Å². The van der Waals surface area contributed by atoms with Crippen LogP contribution in [0.4, 0.5) is 11.5 Å². The molecule has 1 N–H and O–H groups in total. The maximum atomic E-state index is 6.31. The summed E-state index contributed by atoms with van der Waals surface area (Å²) in [6.07, 6.45) is 5.75. The highest BCUT2D eigenvalue weighted by molar-refractivity contribution is 5.92. The molecule has 1 saturated heterocycles. The molecule has 1 fully saturated rings. The molecule has 0 unspecified atom stereocenters. The highest BCUT2D eigenvalue weighted by Crippen LogP contribution is 2.32. The Morgan fingerprint density at radius 1 is 0.973 bits per heavy atom. The van der Waals surface area contributed by atoms with Crippen LogP contribution in [0.15, 0.2) is 66.0 Å². The number of anilines is 2. The van der Waals surface area contributed by atoms with E-state index in [2.05, 4.69) is 32.4 Å². The SMILES string of the molecule is Cc1ccc(Oc2ccc(Nc3ncnc4ccc(CC5=NCC6(CCOCC6)O5)cc34)cc2C)cn1. The molecule has 2 aromatic heterocycles. The highest BCUT2D eigenvalue weighted by Gasteiger charge is 2.39. The fourth-order valence-electron chi connectivity index (χ4n) is 4.75. The van der Waals surface area contributed by atoms with Crippen molar-refractivity contribution in [2.24, 2.45) is 4.99 Å². The number of ether oxygens (including phenoxy) is 3. The lowest BCUT2D eigenvalue weighted by atomic mass is 9.95. The van der Waals surface area contributed by atoms with Gasteiger partial charge in [0.25, 0.3) is 0 Å². The summed E-state index contributed by atoms with van der Waals surface area (Å²) in [5, 5.41) is 4.41. The molecular formula is C29H29N5O3. The lowest BCUT2D eigenvalue weighted by Gasteiger charge is -2.32. The van der Waals surface area contributed by atoms with E-state index in [1.54, 1.807) is 12.5 Å². The lowest BCUT2D eigenvalue weighted by Crippen LogP contribution is -2.39. The first-order valence-corrected chi connectivity index (χ1v) is 12.6. The van der Waals surface area contributed by atoms with Crippen molar-refractivity contribution in [3.05, 3.63) is 77.9 Å². The smallest absolute Gasteiger partial charge is 0.188 e. The zero-order chi connectivity index (χ0) is 25.2. The van der Waals surface area contributed by atoms with E-state index in [9.17, 15) is 0 Å². The number of aryl methyl sites for hydroxylation is 2. The minimum absolute atomic E-state index is 0.177. The zero-order valence-corrected chi connectivity index (χ0v) is 21.0. The third kappa shape index (κ3) is 5.11. The standard InChI is InChI=1S/C29H29N5O3/c1-19-13-22(5-8-26(19)36-23-6-3-20(2)30-16-23)34-28-24-14-21(4-7-25(24)32-18-33-28)15-27-31-17-29(37-27)9-11-35-12-10-29/h3-8,13-14,16,18H,9-12,15,17H2,1-2H3,(H,32,33,34). The van der Waals surface area contributed by atoms with Crippen LogP contribution in [0.5, 0.6) is 11.5 Å². The molecule has 2 aliphatic heterocycles. The van der Waals surface area contributed by atoms with Gasteiger partial charge >= 0.3 is 0 Å². The Bertz CT molecular complexity index is 1460. The van der Waals surface area contributed by atoms with E-state index >= 15 is 0 Å². The quantitative estimate of drug-likeness (QED) is 0.367. The first-order valence-electron chi connectivity index (χ1n) is 12.6. The molecule has 0 aliphatic carbocycles. The molecule has 6 rings (SSSR count). The highest BCUT2D eigenvalue weighted by atomic mass is 16.5. The molecular weight excluding hydrogens is 466 g/mol. The number of nitrogens with zero attached hydrogens (tertiary/aromatic N) is 4. The molecule has 4 heterocycles. The Morgan fingerprint density at radius 2 is 1.86 bits per heavy atom. The fourth-order valence-corrected chi connectivity index (χ4v) is 4.75. The first-order chi connectivity index (χ1) is 18.1. The summed E-state index contributed by atoms with van der Waals surface area (Å²) < 4.78 is 17.8. The second-order valence-corrected chi connectivity index (χ2v) is 9.70. The second-order valence-electron chi connectivity index (χ2n) is 9.70. The Balaban J connectivity index is 1.19. The Kier molecular flexibility index (Phi) is 6.18. The molecule has 0 bridgehead atoms. The van der Waals surface area contributed by atoms with Crippen LogP contribution in [0.2, 0.25) is 0 Å². The zero-order valence-electron chi connectivity index (χ0n) is 21.0. The van der Waals surface area contributed by atoms with E-state index < -0.39 is 0 Å². The van der Waals surface area contributed by atoms with Crippen LogP contribution >= 0.6 is 0 Å². The van der Waals surface area contributed by atoms with Gasteiger partial charge in [-0.2, -0.15) is 0 Å². The van der Waals surface area contributed by atoms with Crippen molar-refractivity contribution in [1.82, 2.24) is 15.0 Å². The number of nitrogens with one attached hydrogen (secondary N) is 1. The van der Waals surface area contributed by atoms with E-state index in [0.717, 1.165) is 76.9 Å². The first kappa shape index (κ1) is 23.4. The maximum Gasteiger partial charge on any atom is 0.188 e. The Labute approximate surface area is 215 Å². The van der Waals surface area contributed by atoms with Gasteiger partial charge in [-0.3, -0.25) is 9.98 Å². The van der Waals surface area contributed by atoms with E-state index in [4.69, 9.17) is 19.2 Å². The van der Waals surface area contributed by atoms with Crippen molar-refractivity contribution in [3.63, 3.8) is 0 Å². The summed E-state index contributed by atoms with van der Waals surface area (Å²) >= 11 is 0. The van der Waals surface area contributed by atoms with Gasteiger partial charge in [0, 0.05) is 36.0 Å². The molecule has 8 heteroatoms. The van der Waals surface area contributed by atoms with Gasteiger partial charge in [-0.1, -0.05) is 6.07 Å². The normalized spacial score (nSPS) is 16.4. The van der Waals surface area contributed by atoms with Crippen molar-refractivity contribution in [1.29, 1.82) is 0 Å². The van der Waals surface area contributed by atoms with Gasteiger partial charge in [-0.25, -0.2) is 9.97 Å². The number of pyridine rings is 1. The molecule has 37 heavy (non-hydrogen) atoms. The van der Waals surface area contributed by atoms with Gasteiger partial charge in [0.15, 0.2) is 5.90 Å². The monoisotopic (exact) mass is 495 g/mol. The predicted molar refractivity (Wildman–Crippen MR) is 143 cm³/mol. The summed E-state index contributed by atoms with van der Waals surface area (Å²) in [5.74, 6) is 3.04. The molecule has 0 saturated carbocycles. The topological polar surface area (TPSA) is 90.8 Å². The summed E-state index contributed by atoms with van der Waals surface area (Å²) in [5.41, 5.74) is 4.69. The van der Waals surface area contributed by atoms with Gasteiger partial charge in [-0.15, -0.1) is 0 Å². The third-order valence-corrected chi connectivity index (χ3v) is 6.89. The number of hydrogen-bond donors (Lipinski definition) is 1. The molecule has 2 aromatic carbocycles. The van der Waals surface area contributed by atoms with Crippen LogP contribution in [0.1, 0.15) is 29.7 Å². The minimum atomic E-state index is -0.177. The molecule has 4 aromatic rings. The number of aliphatic imine (C=N–C) groups is 1. The maximum absolute atomic E-state index is 6.31. The fraction of sp³-hybridized carbons (Fsp3) is 0.310. The van der Waals surface area contributed by atoms with Crippen LogP contribution in [0.25, 0.3) is 10.9 Å². The third-order valence-electron chi connectivity index (χ3n) is 6.89. The summed E-state index contributed by atoms with van der Waals surface area (Å²) in [6.45, 7) is 6.16. The summed E-state index contributed by atoms with van der Waals surface area (Å²) in [7, 11) is 0. The number of rotatable bonds is 6. The summed E-state index contributed by atoms with van der Waals surface area (Å²) in [4.78, 5) is 18.0. The van der Waals surface area contributed by atoms with E-state index in [-0.39, 0.29) is 5.60 Å². The summed E-state index contributed by atoms with van der Waals surface area (Å²) in [6, 6.07) is 16.1. The van der Waals surface area contributed by atoms with Gasteiger partial charge in [0.1, 0.15) is 29.2 Å². The number of aromatic nitrogens is 3. The van der Waals surface area contributed by atoms with Crippen molar-refractivity contribution in [3.8, 4) is 11.5 Å². The molecule has 0 atom stereocenters. The lowest BCUT2D eigenvalue weighted by molar-refractivity contribution is -0.0369. The number of benzene rings is 2. The van der Waals surface area contributed by atoms with Crippen molar-refractivity contribution in [2.75, 3.05) is 25.1 Å². The Morgan fingerprint density at radius 3 is 2.68 bits per heavy atom. The molecule has 0 radical (unpaired) electrons. The molecule has 8 nitrogen and oxygen atoms in total. The average Bonchev–Trinajstić information content (AvgIpc) is 3.28. The van der Waals surface area contributed by atoms with Crippen molar-refractivity contribution in [2.45, 2.75) is 38.7 Å². The minimum Gasteiger partial charge on any atom is -0.472 e. The van der Waals surface area contributed by atoms with Crippen LogP contribution in [-0.2, 0) is 15.9 Å². The average molecular weight is 496 g/mol. The molecule has 1 spiro atoms. The van der Waals surface area contributed by atoms with Crippen LogP contribution in [-0.4, -0.2) is 46.2 Å². The molecule has 188 valence electrons. The van der Waals surface area contributed by atoms with Crippen LogP contribution < -0.4 is 10.1 Å². The van der Waals surface area contributed by atoms with Crippen LogP contribution in [0, 0.1) is 13.8 Å². The van der Waals surface area contributed by atoms with Crippen molar-refractivity contribution < 1.29 is 14.2 Å². The van der Waals surface area contributed by atoms with Gasteiger partial charge in [-0.05, 0) is 67.4 Å². The van der Waals surface area contributed by atoms with Gasteiger partial charge < -0.3 is 19.5 Å². The molecule has 0 amide bonds. The van der Waals surface area contributed by atoms with Crippen LogP contribution in [0.3, 0.4) is 0 Å². The van der Waals surface area contributed by atoms with E-state index in [0.29, 0.717) is 18.7 Å². The largest absolute Gasteiger partial charge is 0.472 e. The predicted octanol–water partition coefficient (Wildman–Crippen LogP) is 5.70. The van der Waals surface area contributed by atoms with Gasteiger partial charge in [0.2, 0.25) is 0 Å². The number of hydrogen-bond acceptors (Lipinski definition) is 8. The second kappa shape index (κ2) is 9.78. The van der Waals surface area contributed by atoms with E-state index in [1.165, 1.54) is 0 Å². The van der Waals surface area contributed by atoms with Crippen molar-refractivity contribution >= 4 is 28.3 Å².